The van der Waals surface area contributed by atoms with E-state index in [0.29, 0.717) is 12.6 Å². The van der Waals surface area contributed by atoms with E-state index in [-0.39, 0.29) is 12.1 Å². The van der Waals surface area contributed by atoms with Crippen LogP contribution in [0.5, 0.6) is 0 Å². The first-order chi connectivity index (χ1) is 8.39. The summed E-state index contributed by atoms with van der Waals surface area (Å²) in [5.41, 5.74) is -0.422. The van der Waals surface area contributed by atoms with Crippen LogP contribution in [-0.2, 0) is 4.74 Å². The molecular formula is C14H28N2O2. The third-order valence-electron chi connectivity index (χ3n) is 3.47. The molecule has 0 saturated heterocycles. The lowest BCUT2D eigenvalue weighted by Crippen LogP contribution is -2.53. The largest absolute Gasteiger partial charge is 0.444 e. The molecule has 0 heterocycles. The van der Waals surface area contributed by atoms with Crippen LogP contribution in [0.1, 0.15) is 53.4 Å². The van der Waals surface area contributed by atoms with Crippen LogP contribution < -0.4 is 5.32 Å². The molecule has 4 heteroatoms. The molecule has 1 rings (SSSR count). The molecule has 0 aromatic rings. The number of hydrogen-bond donors (Lipinski definition) is 1. The van der Waals surface area contributed by atoms with Gasteiger partial charge in [-0.15, -0.1) is 0 Å². The molecule has 0 radical (unpaired) electrons. The Kier molecular flexibility index (Phi) is 5.45. The molecule has 1 N–H and O–H groups in total. The van der Waals surface area contributed by atoms with E-state index in [0.717, 1.165) is 12.8 Å². The van der Waals surface area contributed by atoms with Gasteiger partial charge in [-0.2, -0.15) is 0 Å². The number of carbonyl (C=O) groups excluding carboxylic acids is 1. The highest BCUT2D eigenvalue weighted by Gasteiger charge is 2.33. The third-order valence-corrected chi connectivity index (χ3v) is 3.47. The second-order valence-corrected chi connectivity index (χ2v) is 6.01. The smallest absolute Gasteiger partial charge is 0.410 e. The average molecular weight is 256 g/mol. The minimum Gasteiger partial charge on any atom is -0.444 e. The zero-order valence-electron chi connectivity index (χ0n) is 12.5. The van der Waals surface area contributed by atoms with Crippen molar-refractivity contribution in [1.82, 2.24) is 10.2 Å². The SMILES string of the molecule is CCN(C(=O)OC(C)(C)C)[C@H]1CCCC[C@@H]1NC. The van der Waals surface area contributed by atoms with E-state index in [1.54, 1.807) is 0 Å². The van der Waals surface area contributed by atoms with Crippen molar-refractivity contribution in [3.05, 3.63) is 0 Å². The van der Waals surface area contributed by atoms with Crippen molar-refractivity contribution in [3.63, 3.8) is 0 Å². The predicted molar refractivity (Wildman–Crippen MR) is 73.7 cm³/mol. The first kappa shape index (κ1) is 15.3. The topological polar surface area (TPSA) is 41.6 Å². The lowest BCUT2D eigenvalue weighted by atomic mass is 9.89. The Hall–Kier alpha value is -0.770. The van der Waals surface area contributed by atoms with Gasteiger partial charge in [-0.3, -0.25) is 0 Å². The molecule has 106 valence electrons. The lowest BCUT2D eigenvalue weighted by Gasteiger charge is -2.39. The lowest BCUT2D eigenvalue weighted by molar-refractivity contribution is 0.00953. The van der Waals surface area contributed by atoms with Crippen LogP contribution in [0.2, 0.25) is 0 Å². The van der Waals surface area contributed by atoms with Crippen LogP contribution in [0.4, 0.5) is 4.79 Å². The van der Waals surface area contributed by atoms with E-state index >= 15 is 0 Å². The molecule has 0 spiro atoms. The van der Waals surface area contributed by atoms with E-state index < -0.39 is 5.60 Å². The van der Waals surface area contributed by atoms with E-state index in [1.807, 2.05) is 39.6 Å². The maximum absolute atomic E-state index is 12.2. The van der Waals surface area contributed by atoms with Gasteiger partial charge >= 0.3 is 6.09 Å². The van der Waals surface area contributed by atoms with Crippen molar-refractivity contribution in [2.75, 3.05) is 13.6 Å². The number of carbonyl (C=O) groups is 1. The van der Waals surface area contributed by atoms with Crippen molar-refractivity contribution in [1.29, 1.82) is 0 Å². The maximum Gasteiger partial charge on any atom is 0.410 e. The fourth-order valence-corrected chi connectivity index (χ4v) is 2.64. The standard InChI is InChI=1S/C14H28N2O2/c1-6-16(13(17)18-14(2,3)4)12-10-8-7-9-11(12)15-5/h11-12,15H,6-10H2,1-5H3/t11-,12-/m0/s1. The number of amides is 1. The van der Waals surface area contributed by atoms with E-state index in [9.17, 15) is 4.79 Å². The Morgan fingerprint density at radius 1 is 1.33 bits per heavy atom. The fourth-order valence-electron chi connectivity index (χ4n) is 2.64. The van der Waals surface area contributed by atoms with Crippen LogP contribution in [0.25, 0.3) is 0 Å². The summed E-state index contributed by atoms with van der Waals surface area (Å²) >= 11 is 0. The maximum atomic E-state index is 12.2. The summed E-state index contributed by atoms with van der Waals surface area (Å²) < 4.78 is 5.50. The molecule has 0 aromatic carbocycles. The Balaban J connectivity index is 2.71. The van der Waals surface area contributed by atoms with Gasteiger partial charge in [-0.1, -0.05) is 12.8 Å². The summed E-state index contributed by atoms with van der Waals surface area (Å²) in [5, 5.41) is 3.34. The Morgan fingerprint density at radius 3 is 2.44 bits per heavy atom. The molecule has 4 nitrogen and oxygen atoms in total. The summed E-state index contributed by atoms with van der Waals surface area (Å²) in [6.45, 7) is 8.46. The number of hydrogen-bond acceptors (Lipinski definition) is 3. The minimum absolute atomic E-state index is 0.183. The van der Waals surface area contributed by atoms with Crippen molar-refractivity contribution >= 4 is 6.09 Å². The highest BCUT2D eigenvalue weighted by Crippen LogP contribution is 2.24. The monoisotopic (exact) mass is 256 g/mol. The van der Waals surface area contributed by atoms with Gasteiger partial charge in [0.1, 0.15) is 5.60 Å². The van der Waals surface area contributed by atoms with Gasteiger partial charge in [-0.05, 0) is 47.6 Å². The Morgan fingerprint density at radius 2 is 1.94 bits per heavy atom. The van der Waals surface area contributed by atoms with Crippen LogP contribution in [0, 0.1) is 0 Å². The van der Waals surface area contributed by atoms with E-state index in [4.69, 9.17) is 4.74 Å². The number of ether oxygens (including phenoxy) is 1. The second-order valence-electron chi connectivity index (χ2n) is 6.01. The first-order valence-corrected chi connectivity index (χ1v) is 7.06. The molecule has 0 bridgehead atoms. The van der Waals surface area contributed by atoms with Crippen LogP contribution in [0.15, 0.2) is 0 Å². The van der Waals surface area contributed by atoms with Crippen LogP contribution in [-0.4, -0.2) is 42.3 Å². The normalized spacial score (nSPS) is 24.7. The van der Waals surface area contributed by atoms with Gasteiger partial charge < -0.3 is 15.0 Å². The second kappa shape index (κ2) is 6.41. The van der Waals surface area contributed by atoms with Gasteiger partial charge in [0.05, 0.1) is 6.04 Å². The van der Waals surface area contributed by atoms with Gasteiger partial charge in [0.25, 0.3) is 0 Å². The molecule has 1 fully saturated rings. The Labute approximate surface area is 111 Å². The molecule has 0 unspecified atom stereocenters. The Bertz CT molecular complexity index is 273. The predicted octanol–water partition coefficient (Wildman–Crippen LogP) is 2.77. The van der Waals surface area contributed by atoms with Crippen molar-refractivity contribution in [2.45, 2.75) is 71.1 Å². The molecule has 2 atom stereocenters. The van der Waals surface area contributed by atoms with Crippen molar-refractivity contribution in [3.8, 4) is 0 Å². The summed E-state index contributed by atoms with van der Waals surface area (Å²) in [4.78, 5) is 14.1. The number of nitrogens with one attached hydrogen (secondary N) is 1. The van der Waals surface area contributed by atoms with E-state index in [2.05, 4.69) is 5.32 Å². The molecule has 0 aliphatic heterocycles. The number of rotatable bonds is 3. The number of likely N-dealkylation sites (N-methyl/N-ethyl adjacent to an activating group) is 2. The summed E-state index contributed by atoms with van der Waals surface area (Å²) in [7, 11) is 1.98. The van der Waals surface area contributed by atoms with E-state index in [1.165, 1.54) is 12.8 Å². The minimum atomic E-state index is -0.422. The van der Waals surface area contributed by atoms with Gasteiger partial charge in [-0.25, -0.2) is 4.79 Å². The van der Waals surface area contributed by atoms with Crippen LogP contribution in [0.3, 0.4) is 0 Å². The van der Waals surface area contributed by atoms with Crippen molar-refractivity contribution in [2.24, 2.45) is 0 Å². The molecule has 1 amide bonds. The summed E-state index contributed by atoms with van der Waals surface area (Å²) in [6, 6.07) is 0.662. The van der Waals surface area contributed by atoms with Gasteiger partial charge in [0.15, 0.2) is 0 Å². The molecule has 0 aromatic heterocycles. The molecule has 1 aliphatic carbocycles. The first-order valence-electron chi connectivity index (χ1n) is 7.06. The zero-order chi connectivity index (χ0) is 13.8. The highest BCUT2D eigenvalue weighted by molar-refractivity contribution is 5.68. The van der Waals surface area contributed by atoms with Gasteiger partial charge in [0.2, 0.25) is 0 Å². The van der Waals surface area contributed by atoms with Gasteiger partial charge in [0, 0.05) is 12.6 Å². The average Bonchev–Trinajstić information content (AvgIpc) is 2.28. The molecular weight excluding hydrogens is 228 g/mol. The summed E-state index contributed by atoms with van der Waals surface area (Å²) in [5.74, 6) is 0. The quantitative estimate of drug-likeness (QED) is 0.844. The summed E-state index contributed by atoms with van der Waals surface area (Å²) in [6.07, 6.45) is 4.46. The van der Waals surface area contributed by atoms with Crippen molar-refractivity contribution < 1.29 is 9.53 Å². The third kappa shape index (κ3) is 4.16. The highest BCUT2D eigenvalue weighted by atomic mass is 16.6. The molecule has 1 saturated carbocycles. The molecule has 18 heavy (non-hydrogen) atoms. The van der Waals surface area contributed by atoms with Crippen LogP contribution >= 0.6 is 0 Å². The fraction of sp³-hybridized carbons (Fsp3) is 0.929. The zero-order valence-corrected chi connectivity index (χ0v) is 12.5. The number of nitrogens with zero attached hydrogens (tertiary/aromatic N) is 1. The molecule has 1 aliphatic rings.